The van der Waals surface area contributed by atoms with Gasteiger partial charge in [-0.05, 0) is 50.6 Å². The molecular formula is C21H23F3N6O. The van der Waals surface area contributed by atoms with Crippen molar-refractivity contribution in [2.24, 2.45) is 0 Å². The van der Waals surface area contributed by atoms with Gasteiger partial charge in [0.25, 0.3) is 5.56 Å². The Hall–Kier alpha value is -3.14. The molecule has 164 valence electrons. The smallest absolute Gasteiger partial charge is 0.350 e. The van der Waals surface area contributed by atoms with E-state index >= 15 is 0 Å². The minimum atomic E-state index is -4.42. The fourth-order valence-corrected chi connectivity index (χ4v) is 3.68. The van der Waals surface area contributed by atoms with E-state index in [-0.39, 0.29) is 22.8 Å². The molecule has 0 aliphatic carbocycles. The molecule has 3 heterocycles. The lowest BCUT2D eigenvalue weighted by atomic mass is 10.2. The maximum Gasteiger partial charge on any atom is 0.416 e. The molecular weight excluding hydrogens is 409 g/mol. The summed E-state index contributed by atoms with van der Waals surface area (Å²) in [6.45, 7) is 6.12. The van der Waals surface area contributed by atoms with E-state index in [1.807, 2.05) is 0 Å². The van der Waals surface area contributed by atoms with Crippen molar-refractivity contribution >= 4 is 28.4 Å². The van der Waals surface area contributed by atoms with Crippen LogP contribution in [-0.2, 0) is 6.18 Å². The molecule has 1 atom stereocenters. The summed E-state index contributed by atoms with van der Waals surface area (Å²) < 4.78 is 38.5. The second kappa shape index (κ2) is 8.18. The monoisotopic (exact) mass is 432 g/mol. The zero-order valence-electron chi connectivity index (χ0n) is 17.1. The average molecular weight is 432 g/mol. The third kappa shape index (κ3) is 4.63. The molecule has 7 nitrogen and oxygen atoms in total. The minimum Gasteiger partial charge on any atom is -0.350 e. The van der Waals surface area contributed by atoms with E-state index in [4.69, 9.17) is 0 Å². The van der Waals surface area contributed by atoms with Crippen molar-refractivity contribution in [3.05, 3.63) is 52.4 Å². The molecule has 4 rings (SSSR count). The Morgan fingerprint density at radius 2 is 1.90 bits per heavy atom. The molecule has 0 radical (unpaired) electrons. The van der Waals surface area contributed by atoms with E-state index in [2.05, 4.69) is 44.3 Å². The average Bonchev–Trinajstić information content (AvgIpc) is 3.16. The number of fused-ring (bicyclic) bond motifs is 1. The van der Waals surface area contributed by atoms with Gasteiger partial charge in [-0.2, -0.15) is 18.2 Å². The van der Waals surface area contributed by atoms with Crippen LogP contribution in [-0.4, -0.2) is 45.0 Å². The van der Waals surface area contributed by atoms with E-state index in [0.29, 0.717) is 23.2 Å². The molecule has 1 fully saturated rings. The summed E-state index contributed by atoms with van der Waals surface area (Å²) in [6.07, 6.45) is -1.98. The Morgan fingerprint density at radius 3 is 2.55 bits per heavy atom. The van der Waals surface area contributed by atoms with Crippen LogP contribution in [0.5, 0.6) is 0 Å². The van der Waals surface area contributed by atoms with Gasteiger partial charge >= 0.3 is 6.18 Å². The largest absolute Gasteiger partial charge is 0.416 e. The first-order valence-electron chi connectivity index (χ1n) is 10.0. The standard InChI is InChI=1S/C21H23F3N6O/c1-12(2)30-10-8-15(11-30)27-20-28-16-7-9-25-19(31)17(16)18(29-20)26-14-5-3-13(4-6-14)21(22,23)24/h3-7,9,12,15H,8,10-11H2,1-2H3,(H,25,31)(H2,26,27,28,29). The predicted molar refractivity (Wildman–Crippen MR) is 114 cm³/mol. The lowest BCUT2D eigenvalue weighted by molar-refractivity contribution is -0.137. The van der Waals surface area contributed by atoms with Crippen molar-refractivity contribution in [3.63, 3.8) is 0 Å². The first kappa shape index (κ1) is 21.1. The Kier molecular flexibility index (Phi) is 5.57. The van der Waals surface area contributed by atoms with Gasteiger partial charge in [0.15, 0.2) is 0 Å². The molecule has 0 spiro atoms. The summed E-state index contributed by atoms with van der Waals surface area (Å²) in [4.78, 5) is 26.3. The van der Waals surface area contributed by atoms with Crippen molar-refractivity contribution in [2.45, 2.75) is 38.5 Å². The highest BCUT2D eigenvalue weighted by Gasteiger charge is 2.30. The molecule has 31 heavy (non-hydrogen) atoms. The molecule has 3 aromatic rings. The van der Waals surface area contributed by atoms with Crippen molar-refractivity contribution in [3.8, 4) is 0 Å². The molecule has 2 aromatic heterocycles. The third-order valence-corrected chi connectivity index (χ3v) is 5.38. The molecule has 0 saturated carbocycles. The summed E-state index contributed by atoms with van der Waals surface area (Å²) in [6, 6.07) is 6.84. The van der Waals surface area contributed by atoms with Crippen molar-refractivity contribution in [1.82, 2.24) is 19.9 Å². The van der Waals surface area contributed by atoms with Crippen LogP contribution in [0.15, 0.2) is 41.3 Å². The van der Waals surface area contributed by atoms with E-state index in [9.17, 15) is 18.0 Å². The van der Waals surface area contributed by atoms with Crippen LogP contribution in [0.1, 0.15) is 25.8 Å². The lowest BCUT2D eigenvalue weighted by Crippen LogP contribution is -2.31. The number of nitrogens with zero attached hydrogens (tertiary/aromatic N) is 3. The third-order valence-electron chi connectivity index (χ3n) is 5.38. The first-order valence-corrected chi connectivity index (χ1v) is 10.0. The number of halogens is 3. The fraction of sp³-hybridized carbons (Fsp3) is 0.381. The number of alkyl halides is 3. The summed E-state index contributed by atoms with van der Waals surface area (Å²) in [5.74, 6) is 0.593. The minimum absolute atomic E-state index is 0.167. The number of pyridine rings is 1. The first-order chi connectivity index (χ1) is 14.7. The number of H-pyrrole nitrogens is 1. The number of anilines is 3. The van der Waals surface area contributed by atoms with Gasteiger partial charge in [0.05, 0.1) is 11.1 Å². The van der Waals surface area contributed by atoms with Crippen LogP contribution in [0.4, 0.5) is 30.6 Å². The number of hydrogen-bond donors (Lipinski definition) is 3. The Labute approximate surface area is 176 Å². The second-order valence-electron chi connectivity index (χ2n) is 7.88. The number of rotatable bonds is 5. The van der Waals surface area contributed by atoms with E-state index in [1.54, 1.807) is 6.07 Å². The highest BCUT2D eigenvalue weighted by molar-refractivity contribution is 5.90. The van der Waals surface area contributed by atoms with Gasteiger partial charge in [0, 0.05) is 37.1 Å². The van der Waals surface area contributed by atoms with E-state index < -0.39 is 11.7 Å². The van der Waals surface area contributed by atoms with Crippen molar-refractivity contribution < 1.29 is 13.2 Å². The zero-order valence-corrected chi connectivity index (χ0v) is 17.1. The molecule has 0 amide bonds. The lowest BCUT2D eigenvalue weighted by Gasteiger charge is -2.20. The van der Waals surface area contributed by atoms with Gasteiger partial charge in [-0.25, -0.2) is 4.98 Å². The molecule has 0 bridgehead atoms. The molecule has 1 saturated heterocycles. The molecule has 1 aliphatic rings. The van der Waals surface area contributed by atoms with Crippen molar-refractivity contribution in [1.29, 1.82) is 0 Å². The number of aromatic nitrogens is 3. The Morgan fingerprint density at radius 1 is 1.16 bits per heavy atom. The summed E-state index contributed by atoms with van der Waals surface area (Å²) in [5, 5.41) is 6.54. The quantitative estimate of drug-likeness (QED) is 0.566. The van der Waals surface area contributed by atoms with Gasteiger partial charge in [0.1, 0.15) is 11.2 Å². The van der Waals surface area contributed by atoms with Crippen LogP contribution in [0.25, 0.3) is 10.9 Å². The number of benzene rings is 1. The number of aromatic amines is 1. The van der Waals surface area contributed by atoms with Gasteiger partial charge in [0.2, 0.25) is 5.95 Å². The zero-order chi connectivity index (χ0) is 22.2. The predicted octanol–water partition coefficient (Wildman–Crippen LogP) is 3.98. The summed E-state index contributed by atoms with van der Waals surface area (Å²) in [7, 11) is 0. The van der Waals surface area contributed by atoms with Gasteiger partial charge in [-0.3, -0.25) is 9.69 Å². The molecule has 1 aliphatic heterocycles. The molecule has 10 heteroatoms. The number of likely N-dealkylation sites (tertiary alicyclic amines) is 1. The Bertz CT molecular complexity index is 1130. The van der Waals surface area contributed by atoms with Crippen LogP contribution in [0, 0.1) is 0 Å². The highest BCUT2D eigenvalue weighted by atomic mass is 19.4. The van der Waals surface area contributed by atoms with Crippen LogP contribution >= 0.6 is 0 Å². The normalized spacial score (nSPS) is 17.4. The maximum atomic E-state index is 12.8. The van der Waals surface area contributed by atoms with E-state index in [1.165, 1.54) is 18.3 Å². The summed E-state index contributed by atoms with van der Waals surface area (Å²) >= 11 is 0. The SMILES string of the molecule is CC(C)N1CCC(Nc2nc(Nc3ccc(C(F)(F)F)cc3)c3c(=O)[nH]ccc3n2)C1. The van der Waals surface area contributed by atoms with Crippen molar-refractivity contribution in [2.75, 3.05) is 23.7 Å². The summed E-state index contributed by atoms with van der Waals surface area (Å²) in [5.41, 5.74) is -0.310. The topological polar surface area (TPSA) is 85.9 Å². The molecule has 1 unspecified atom stereocenters. The van der Waals surface area contributed by atoms with E-state index in [0.717, 1.165) is 31.6 Å². The van der Waals surface area contributed by atoms with Crippen LogP contribution < -0.4 is 16.2 Å². The fourth-order valence-electron chi connectivity index (χ4n) is 3.68. The van der Waals surface area contributed by atoms with Gasteiger partial charge in [-0.15, -0.1) is 0 Å². The Balaban J connectivity index is 1.64. The maximum absolute atomic E-state index is 12.8. The number of nitrogens with one attached hydrogen (secondary N) is 3. The molecule has 3 N–H and O–H groups in total. The van der Waals surface area contributed by atoms with Gasteiger partial charge < -0.3 is 15.6 Å². The van der Waals surface area contributed by atoms with Gasteiger partial charge in [-0.1, -0.05) is 0 Å². The molecule has 1 aromatic carbocycles. The second-order valence-corrected chi connectivity index (χ2v) is 7.88. The number of hydrogen-bond acceptors (Lipinski definition) is 6. The van der Waals surface area contributed by atoms with Crippen LogP contribution in [0.2, 0.25) is 0 Å². The van der Waals surface area contributed by atoms with Crippen LogP contribution in [0.3, 0.4) is 0 Å². The highest BCUT2D eigenvalue weighted by Crippen LogP contribution is 2.31.